The molecule has 0 heterocycles. The molecule has 3 nitrogen and oxygen atoms in total. The summed E-state index contributed by atoms with van der Waals surface area (Å²) in [6, 6.07) is 5.45. The molecule has 1 aliphatic carbocycles. The Kier molecular flexibility index (Phi) is 5.05. The third-order valence-corrected chi connectivity index (χ3v) is 4.32. The number of nitrogens with one attached hydrogen (secondary N) is 1. The predicted octanol–water partition coefficient (Wildman–Crippen LogP) is 4.32. The third kappa shape index (κ3) is 3.99. The molecule has 0 aliphatic heterocycles. The Morgan fingerprint density at radius 2 is 2.20 bits per heavy atom. The molecule has 1 aromatic rings. The first-order valence-corrected chi connectivity index (χ1v) is 7.64. The summed E-state index contributed by atoms with van der Waals surface area (Å²) in [6.45, 7) is 5.18. The zero-order valence-corrected chi connectivity index (χ0v) is 12.5. The summed E-state index contributed by atoms with van der Waals surface area (Å²) in [5, 5.41) is 12.5. The number of rotatable bonds is 5. The van der Waals surface area contributed by atoms with Crippen molar-refractivity contribution in [2.45, 2.75) is 46.0 Å². The molecule has 2 unspecified atom stereocenters. The molecule has 0 bridgehead atoms. The van der Waals surface area contributed by atoms with E-state index < -0.39 is 5.97 Å². The summed E-state index contributed by atoms with van der Waals surface area (Å²) >= 11 is 0. The molecule has 110 valence electrons. The second kappa shape index (κ2) is 6.78. The van der Waals surface area contributed by atoms with Crippen molar-refractivity contribution in [3.8, 4) is 0 Å². The first-order chi connectivity index (χ1) is 9.56. The van der Waals surface area contributed by atoms with Gasteiger partial charge in [0.25, 0.3) is 0 Å². The van der Waals surface area contributed by atoms with Crippen molar-refractivity contribution in [3.63, 3.8) is 0 Å². The lowest BCUT2D eigenvalue weighted by atomic mass is 9.81. The van der Waals surface area contributed by atoms with Crippen LogP contribution in [0.15, 0.2) is 18.2 Å². The molecule has 20 heavy (non-hydrogen) atoms. The number of hydrogen-bond acceptors (Lipinski definition) is 2. The second-order valence-corrected chi connectivity index (χ2v) is 6.21. The Hall–Kier alpha value is -1.51. The SMILES string of the molecule is Cc1ccc(C(=O)O)c(NCCC2CCCC(C)C2)c1. The fourth-order valence-corrected chi connectivity index (χ4v) is 3.22. The Balaban J connectivity index is 1.90. The maximum atomic E-state index is 11.2. The standard InChI is InChI=1S/C17H25NO2/c1-12-4-3-5-14(10-12)8-9-18-16-11-13(2)6-7-15(16)17(19)20/h6-7,11-12,14,18H,3-5,8-10H2,1-2H3,(H,19,20). The van der Waals surface area contributed by atoms with Gasteiger partial charge in [-0.1, -0.05) is 32.3 Å². The van der Waals surface area contributed by atoms with E-state index >= 15 is 0 Å². The first-order valence-electron chi connectivity index (χ1n) is 7.64. The molecular weight excluding hydrogens is 250 g/mol. The normalized spacial score (nSPS) is 22.5. The van der Waals surface area contributed by atoms with Crippen LogP contribution >= 0.6 is 0 Å². The minimum absolute atomic E-state index is 0.368. The van der Waals surface area contributed by atoms with Gasteiger partial charge in [0.2, 0.25) is 0 Å². The van der Waals surface area contributed by atoms with Gasteiger partial charge in [0.15, 0.2) is 0 Å². The maximum absolute atomic E-state index is 11.2. The molecule has 0 aromatic heterocycles. The summed E-state index contributed by atoms with van der Waals surface area (Å²) in [6.07, 6.45) is 6.49. The highest BCUT2D eigenvalue weighted by atomic mass is 16.4. The van der Waals surface area contributed by atoms with Gasteiger partial charge >= 0.3 is 5.97 Å². The number of carboxylic acids is 1. The Labute approximate surface area is 121 Å². The van der Waals surface area contributed by atoms with E-state index in [2.05, 4.69) is 12.2 Å². The summed E-state index contributed by atoms with van der Waals surface area (Å²) < 4.78 is 0. The highest BCUT2D eigenvalue weighted by molar-refractivity contribution is 5.94. The lowest BCUT2D eigenvalue weighted by Gasteiger charge is -2.26. The van der Waals surface area contributed by atoms with Crippen molar-refractivity contribution >= 4 is 11.7 Å². The first kappa shape index (κ1) is 14.9. The molecule has 2 N–H and O–H groups in total. The van der Waals surface area contributed by atoms with Gasteiger partial charge in [-0.3, -0.25) is 0 Å². The average Bonchev–Trinajstić information content (AvgIpc) is 2.38. The molecular formula is C17H25NO2. The number of carboxylic acid groups (broad SMARTS) is 1. The van der Waals surface area contributed by atoms with E-state index in [0.29, 0.717) is 5.56 Å². The van der Waals surface area contributed by atoms with Gasteiger partial charge in [-0.25, -0.2) is 4.79 Å². The van der Waals surface area contributed by atoms with E-state index in [1.165, 1.54) is 25.7 Å². The molecule has 1 saturated carbocycles. The van der Waals surface area contributed by atoms with Crippen molar-refractivity contribution in [3.05, 3.63) is 29.3 Å². The van der Waals surface area contributed by atoms with Gasteiger partial charge in [0, 0.05) is 12.2 Å². The summed E-state index contributed by atoms with van der Waals surface area (Å²) in [7, 11) is 0. The molecule has 0 saturated heterocycles. The second-order valence-electron chi connectivity index (χ2n) is 6.21. The van der Waals surface area contributed by atoms with Crippen LogP contribution in [-0.2, 0) is 0 Å². The Bertz CT molecular complexity index is 470. The highest BCUT2D eigenvalue weighted by Gasteiger charge is 2.18. The van der Waals surface area contributed by atoms with Crippen molar-refractivity contribution < 1.29 is 9.90 Å². The van der Waals surface area contributed by atoms with Crippen molar-refractivity contribution in [2.75, 3.05) is 11.9 Å². The smallest absolute Gasteiger partial charge is 0.337 e. The Morgan fingerprint density at radius 3 is 2.90 bits per heavy atom. The topological polar surface area (TPSA) is 49.3 Å². The van der Waals surface area contributed by atoms with E-state index in [4.69, 9.17) is 0 Å². The minimum Gasteiger partial charge on any atom is -0.478 e. The van der Waals surface area contributed by atoms with Gasteiger partial charge in [0.1, 0.15) is 0 Å². The van der Waals surface area contributed by atoms with Crippen LogP contribution in [0.4, 0.5) is 5.69 Å². The zero-order valence-electron chi connectivity index (χ0n) is 12.5. The molecule has 0 amide bonds. The van der Waals surface area contributed by atoms with Gasteiger partial charge in [-0.15, -0.1) is 0 Å². The molecule has 1 aromatic carbocycles. The van der Waals surface area contributed by atoms with Crippen LogP contribution in [0, 0.1) is 18.8 Å². The van der Waals surface area contributed by atoms with E-state index in [-0.39, 0.29) is 0 Å². The van der Waals surface area contributed by atoms with Gasteiger partial charge in [-0.05, 0) is 49.3 Å². The molecule has 3 heteroatoms. The number of aromatic carboxylic acids is 1. The van der Waals surface area contributed by atoms with E-state index in [1.807, 2.05) is 19.1 Å². The molecule has 1 aliphatic rings. The van der Waals surface area contributed by atoms with Crippen molar-refractivity contribution in [1.29, 1.82) is 0 Å². The quantitative estimate of drug-likeness (QED) is 0.841. The highest BCUT2D eigenvalue weighted by Crippen LogP contribution is 2.30. The number of aryl methyl sites for hydroxylation is 1. The largest absolute Gasteiger partial charge is 0.478 e. The minimum atomic E-state index is -0.862. The fourth-order valence-electron chi connectivity index (χ4n) is 3.22. The third-order valence-electron chi connectivity index (χ3n) is 4.32. The predicted molar refractivity (Wildman–Crippen MR) is 82.4 cm³/mol. The van der Waals surface area contributed by atoms with Crippen LogP contribution in [0.25, 0.3) is 0 Å². The van der Waals surface area contributed by atoms with Crippen LogP contribution in [0.5, 0.6) is 0 Å². The van der Waals surface area contributed by atoms with Crippen LogP contribution in [-0.4, -0.2) is 17.6 Å². The summed E-state index contributed by atoms with van der Waals surface area (Å²) in [4.78, 5) is 11.2. The van der Waals surface area contributed by atoms with Gasteiger partial charge < -0.3 is 10.4 Å². The number of carbonyl (C=O) groups is 1. The molecule has 0 radical (unpaired) electrons. The van der Waals surface area contributed by atoms with Crippen molar-refractivity contribution in [2.24, 2.45) is 11.8 Å². The van der Waals surface area contributed by atoms with E-state index in [1.54, 1.807) is 6.07 Å². The summed E-state index contributed by atoms with van der Waals surface area (Å²) in [5.41, 5.74) is 2.21. The average molecular weight is 275 g/mol. The fraction of sp³-hybridized carbons (Fsp3) is 0.588. The van der Waals surface area contributed by atoms with Gasteiger partial charge in [0.05, 0.1) is 5.56 Å². The molecule has 2 atom stereocenters. The van der Waals surface area contributed by atoms with Crippen molar-refractivity contribution in [1.82, 2.24) is 0 Å². The molecule has 1 fully saturated rings. The maximum Gasteiger partial charge on any atom is 0.337 e. The number of benzene rings is 1. The summed E-state index contributed by atoms with van der Waals surface area (Å²) in [5.74, 6) is 0.783. The number of anilines is 1. The lowest BCUT2D eigenvalue weighted by molar-refractivity contribution is 0.0698. The lowest BCUT2D eigenvalue weighted by Crippen LogP contribution is -2.17. The van der Waals surface area contributed by atoms with Crippen LogP contribution < -0.4 is 5.32 Å². The van der Waals surface area contributed by atoms with Crippen LogP contribution in [0.2, 0.25) is 0 Å². The monoisotopic (exact) mass is 275 g/mol. The van der Waals surface area contributed by atoms with E-state index in [0.717, 1.165) is 36.1 Å². The van der Waals surface area contributed by atoms with Crippen LogP contribution in [0.1, 0.15) is 54.9 Å². The van der Waals surface area contributed by atoms with Gasteiger partial charge in [-0.2, -0.15) is 0 Å². The van der Waals surface area contributed by atoms with Crippen LogP contribution in [0.3, 0.4) is 0 Å². The molecule has 0 spiro atoms. The molecule has 2 rings (SSSR count). The Morgan fingerprint density at radius 1 is 1.40 bits per heavy atom. The zero-order chi connectivity index (χ0) is 14.5. The van der Waals surface area contributed by atoms with E-state index in [9.17, 15) is 9.90 Å². The number of hydrogen-bond donors (Lipinski definition) is 2.